The summed E-state index contributed by atoms with van der Waals surface area (Å²) < 4.78 is 5.43. The second kappa shape index (κ2) is 6.21. The lowest BCUT2D eigenvalue weighted by molar-refractivity contribution is 0.00925. The number of aromatic nitrogens is 1. The summed E-state index contributed by atoms with van der Waals surface area (Å²) in [5.41, 5.74) is 2.45. The molecule has 24 heavy (non-hydrogen) atoms. The molecular formula is C21H26N2O. The monoisotopic (exact) mass is 322 g/mol. The summed E-state index contributed by atoms with van der Waals surface area (Å²) in [6.45, 7) is 8.83. The minimum absolute atomic E-state index is 0.496. The molecule has 2 aromatic rings. The van der Waals surface area contributed by atoms with E-state index in [9.17, 15) is 0 Å². The fourth-order valence-electron chi connectivity index (χ4n) is 4.78. The van der Waals surface area contributed by atoms with Crippen LogP contribution < -0.4 is 4.74 Å². The Bertz CT molecular complexity index is 757. The van der Waals surface area contributed by atoms with Gasteiger partial charge in [0, 0.05) is 24.2 Å². The molecular weight excluding hydrogens is 296 g/mol. The minimum Gasteiger partial charge on any atom is -0.497 e. The highest BCUT2D eigenvalue weighted by Gasteiger charge is 2.41. The predicted octanol–water partition coefficient (Wildman–Crippen LogP) is 4.24. The Morgan fingerprint density at radius 3 is 2.96 bits per heavy atom. The number of benzene rings is 1. The van der Waals surface area contributed by atoms with Gasteiger partial charge in [0.25, 0.3) is 0 Å². The van der Waals surface area contributed by atoms with Crippen LogP contribution in [-0.4, -0.2) is 36.1 Å². The normalized spacial score (nSPS) is 30.2. The van der Waals surface area contributed by atoms with Gasteiger partial charge in [0.15, 0.2) is 0 Å². The first-order chi connectivity index (χ1) is 11.7. The zero-order chi connectivity index (χ0) is 16.7. The standard InChI is InChI=1S/C21H26N2O/c1-4-15-13-23-10-8-16(15)11-21(23)14(2)18-7-9-22-20-6-5-17(24-3)12-19(18)20/h4-7,9,12,14-16,21H,1,8,10-11,13H2,2-3H3/t14-,15-,16?,21?/m0/s1. The largest absolute Gasteiger partial charge is 0.497 e. The van der Waals surface area contributed by atoms with Gasteiger partial charge in [-0.15, -0.1) is 6.58 Å². The third kappa shape index (κ3) is 2.51. The van der Waals surface area contributed by atoms with Crippen LogP contribution in [0.15, 0.2) is 43.1 Å². The molecule has 0 amide bonds. The number of pyridine rings is 1. The first-order valence-electron chi connectivity index (χ1n) is 9.00. The van der Waals surface area contributed by atoms with Crippen LogP contribution in [0.5, 0.6) is 5.75 Å². The van der Waals surface area contributed by atoms with E-state index in [1.54, 1.807) is 7.11 Å². The Labute approximate surface area is 144 Å². The van der Waals surface area contributed by atoms with Crippen molar-refractivity contribution < 1.29 is 4.74 Å². The highest BCUT2D eigenvalue weighted by atomic mass is 16.5. The molecule has 2 bridgehead atoms. The first kappa shape index (κ1) is 15.6. The molecule has 3 saturated heterocycles. The van der Waals surface area contributed by atoms with Crippen LogP contribution in [0.1, 0.15) is 31.2 Å². The fourth-order valence-corrected chi connectivity index (χ4v) is 4.78. The van der Waals surface area contributed by atoms with Crippen molar-refractivity contribution in [2.24, 2.45) is 11.8 Å². The number of ether oxygens (including phenoxy) is 1. The van der Waals surface area contributed by atoms with E-state index in [1.165, 1.54) is 36.9 Å². The van der Waals surface area contributed by atoms with Crippen molar-refractivity contribution in [3.63, 3.8) is 0 Å². The highest BCUT2D eigenvalue weighted by molar-refractivity contribution is 5.84. The molecule has 3 nitrogen and oxygen atoms in total. The van der Waals surface area contributed by atoms with Crippen molar-refractivity contribution in [3.8, 4) is 5.75 Å². The summed E-state index contributed by atoms with van der Waals surface area (Å²) in [6, 6.07) is 9.00. The van der Waals surface area contributed by atoms with Gasteiger partial charge in [-0.05, 0) is 67.0 Å². The minimum atomic E-state index is 0.496. The van der Waals surface area contributed by atoms with E-state index in [4.69, 9.17) is 4.74 Å². The second-order valence-electron chi connectivity index (χ2n) is 7.32. The van der Waals surface area contributed by atoms with Crippen LogP contribution in [0.3, 0.4) is 0 Å². The summed E-state index contributed by atoms with van der Waals surface area (Å²) in [6.07, 6.45) is 6.73. The Hall–Kier alpha value is -1.87. The molecule has 126 valence electrons. The van der Waals surface area contributed by atoms with Crippen molar-refractivity contribution in [2.45, 2.75) is 31.7 Å². The van der Waals surface area contributed by atoms with E-state index in [2.05, 4.69) is 47.7 Å². The van der Waals surface area contributed by atoms with E-state index in [1.807, 2.05) is 12.3 Å². The van der Waals surface area contributed by atoms with E-state index in [0.29, 0.717) is 17.9 Å². The molecule has 0 radical (unpaired) electrons. The van der Waals surface area contributed by atoms with Gasteiger partial charge in [-0.1, -0.05) is 13.0 Å². The molecule has 3 aliphatic rings. The summed E-state index contributed by atoms with van der Waals surface area (Å²) in [5, 5.41) is 1.23. The quantitative estimate of drug-likeness (QED) is 0.787. The predicted molar refractivity (Wildman–Crippen MR) is 98.5 cm³/mol. The van der Waals surface area contributed by atoms with Crippen LogP contribution in [0.2, 0.25) is 0 Å². The SMILES string of the molecule is C=C[C@H]1CN2CCC1CC2[C@@H](C)c1ccnc2ccc(OC)cc12. The van der Waals surface area contributed by atoms with Gasteiger partial charge in [-0.2, -0.15) is 0 Å². The number of methoxy groups -OCH3 is 1. The van der Waals surface area contributed by atoms with E-state index < -0.39 is 0 Å². The number of rotatable bonds is 4. The van der Waals surface area contributed by atoms with Crippen molar-refractivity contribution in [3.05, 3.63) is 48.7 Å². The number of hydrogen-bond acceptors (Lipinski definition) is 3. The van der Waals surface area contributed by atoms with Crippen LogP contribution >= 0.6 is 0 Å². The average molecular weight is 322 g/mol. The van der Waals surface area contributed by atoms with Gasteiger partial charge in [-0.25, -0.2) is 0 Å². The maximum absolute atomic E-state index is 5.43. The molecule has 5 atom stereocenters. The molecule has 3 fully saturated rings. The lowest BCUT2D eigenvalue weighted by Crippen LogP contribution is -2.54. The lowest BCUT2D eigenvalue weighted by Gasteiger charge is -2.51. The van der Waals surface area contributed by atoms with Crippen LogP contribution in [0.25, 0.3) is 10.9 Å². The van der Waals surface area contributed by atoms with Crippen molar-refractivity contribution in [1.82, 2.24) is 9.88 Å². The van der Waals surface area contributed by atoms with Crippen LogP contribution in [-0.2, 0) is 0 Å². The number of fused-ring (bicyclic) bond motifs is 4. The summed E-state index contributed by atoms with van der Waals surface area (Å²) in [4.78, 5) is 7.22. The third-order valence-corrected chi connectivity index (χ3v) is 6.20. The Balaban J connectivity index is 1.69. The number of piperidine rings is 3. The molecule has 0 N–H and O–H groups in total. The van der Waals surface area contributed by atoms with Crippen LogP contribution in [0, 0.1) is 11.8 Å². The smallest absolute Gasteiger partial charge is 0.119 e. The Morgan fingerprint density at radius 1 is 1.38 bits per heavy atom. The van der Waals surface area contributed by atoms with Crippen molar-refractivity contribution in [1.29, 1.82) is 0 Å². The second-order valence-corrected chi connectivity index (χ2v) is 7.32. The van der Waals surface area contributed by atoms with E-state index in [-0.39, 0.29) is 0 Å². The summed E-state index contributed by atoms with van der Waals surface area (Å²) >= 11 is 0. The first-order valence-corrected chi connectivity index (χ1v) is 9.00. The van der Waals surface area contributed by atoms with Gasteiger partial charge in [0.05, 0.1) is 12.6 Å². The Morgan fingerprint density at radius 2 is 2.25 bits per heavy atom. The molecule has 0 spiro atoms. The molecule has 4 heterocycles. The zero-order valence-electron chi connectivity index (χ0n) is 14.6. The lowest BCUT2D eigenvalue weighted by atomic mass is 9.71. The van der Waals surface area contributed by atoms with Gasteiger partial charge >= 0.3 is 0 Å². The molecule has 0 aliphatic carbocycles. The average Bonchev–Trinajstić information content (AvgIpc) is 2.66. The maximum atomic E-state index is 5.43. The van der Waals surface area contributed by atoms with Gasteiger partial charge < -0.3 is 4.74 Å². The maximum Gasteiger partial charge on any atom is 0.119 e. The van der Waals surface area contributed by atoms with E-state index >= 15 is 0 Å². The fraction of sp³-hybridized carbons (Fsp3) is 0.476. The molecule has 3 heteroatoms. The Kier molecular flexibility index (Phi) is 4.05. The zero-order valence-corrected chi connectivity index (χ0v) is 14.6. The van der Waals surface area contributed by atoms with Crippen molar-refractivity contribution >= 4 is 10.9 Å². The molecule has 1 aromatic carbocycles. The topological polar surface area (TPSA) is 25.4 Å². The van der Waals surface area contributed by atoms with Gasteiger partial charge in [-0.3, -0.25) is 9.88 Å². The summed E-state index contributed by atoms with van der Waals surface area (Å²) in [7, 11) is 1.72. The summed E-state index contributed by atoms with van der Waals surface area (Å²) in [5.74, 6) is 2.89. The van der Waals surface area contributed by atoms with Gasteiger partial charge in [0.2, 0.25) is 0 Å². The molecule has 3 unspecified atom stereocenters. The number of nitrogens with zero attached hydrogens (tertiary/aromatic N) is 2. The van der Waals surface area contributed by atoms with E-state index in [0.717, 1.165) is 17.2 Å². The third-order valence-electron chi connectivity index (χ3n) is 6.20. The number of hydrogen-bond donors (Lipinski definition) is 0. The van der Waals surface area contributed by atoms with Crippen molar-refractivity contribution in [2.75, 3.05) is 20.2 Å². The van der Waals surface area contributed by atoms with Gasteiger partial charge in [0.1, 0.15) is 5.75 Å². The molecule has 1 aromatic heterocycles. The molecule has 3 aliphatic heterocycles. The van der Waals surface area contributed by atoms with Crippen LogP contribution in [0.4, 0.5) is 0 Å². The highest BCUT2D eigenvalue weighted by Crippen LogP contribution is 2.42. The molecule has 5 rings (SSSR count). The molecule has 0 saturated carbocycles.